The Morgan fingerprint density at radius 1 is 1.67 bits per heavy atom. The molecule has 1 fully saturated rings. The number of hydrogen-bond donors (Lipinski definition) is 3. The lowest BCUT2D eigenvalue weighted by molar-refractivity contribution is 0.247. The van der Waals surface area contributed by atoms with Crippen LogP contribution in [0.1, 0.15) is 0 Å². The molecule has 4 nitrogen and oxygen atoms in total. The van der Waals surface area contributed by atoms with Crippen molar-refractivity contribution in [3.8, 4) is 0 Å². The summed E-state index contributed by atoms with van der Waals surface area (Å²) in [7, 11) is 0. The molecule has 6 heavy (non-hydrogen) atoms. The fourth-order valence-corrected chi connectivity index (χ4v) is 0.239. The molecular weight excluding hydrogens is 82.0 g/mol. The molecule has 0 spiro atoms. The zero-order chi connectivity index (χ0) is 4.41. The predicted octanol–water partition coefficient (Wildman–Crippen LogP) is -1.08. The molecule has 0 aromatic rings. The number of hydrogen-bond acceptors (Lipinski definition) is 2. The molecule has 1 radical (unpaired) electrons. The molecule has 0 bridgehead atoms. The first kappa shape index (κ1) is 3.42. The Morgan fingerprint density at radius 2 is 2.50 bits per heavy atom. The van der Waals surface area contributed by atoms with Crippen LogP contribution in [-0.4, -0.2) is 6.03 Å². The van der Waals surface area contributed by atoms with Crippen molar-refractivity contribution < 1.29 is 4.79 Å². The van der Waals surface area contributed by atoms with Crippen LogP contribution in [-0.2, 0) is 0 Å². The summed E-state index contributed by atoms with van der Waals surface area (Å²) in [6.07, 6.45) is 0. The first-order valence-corrected chi connectivity index (χ1v) is 1.53. The number of amides is 2. The van der Waals surface area contributed by atoms with E-state index in [1.54, 1.807) is 0 Å². The summed E-state index contributed by atoms with van der Waals surface area (Å²) in [5.41, 5.74) is 4.70. The van der Waals surface area contributed by atoms with Crippen molar-refractivity contribution in [3.05, 3.63) is 6.67 Å². The molecular formula is C2H4N3O. The predicted molar refractivity (Wildman–Crippen MR) is 19.1 cm³/mol. The minimum atomic E-state index is -0.213. The van der Waals surface area contributed by atoms with Crippen LogP contribution in [0.4, 0.5) is 4.79 Å². The van der Waals surface area contributed by atoms with Gasteiger partial charge < -0.3 is 5.32 Å². The first-order valence-electron chi connectivity index (χ1n) is 1.53. The lowest BCUT2D eigenvalue weighted by Gasteiger charge is -1.79. The zero-order valence-corrected chi connectivity index (χ0v) is 2.99. The van der Waals surface area contributed by atoms with E-state index in [0.717, 1.165) is 0 Å². The van der Waals surface area contributed by atoms with Gasteiger partial charge in [0, 0.05) is 0 Å². The van der Waals surface area contributed by atoms with Gasteiger partial charge in [-0.1, -0.05) is 0 Å². The SMILES string of the molecule is O=C1N[CH]NN1. The van der Waals surface area contributed by atoms with E-state index < -0.39 is 0 Å². The Labute approximate surface area is 34.9 Å². The highest BCUT2D eigenvalue weighted by Crippen LogP contribution is 1.68. The summed E-state index contributed by atoms with van der Waals surface area (Å²) in [6, 6.07) is -0.213. The van der Waals surface area contributed by atoms with Gasteiger partial charge >= 0.3 is 6.03 Å². The third-order valence-corrected chi connectivity index (χ3v) is 0.461. The third kappa shape index (κ3) is 0.414. The molecule has 0 saturated carbocycles. The number of carbonyl (C=O) groups is 1. The topological polar surface area (TPSA) is 53.2 Å². The summed E-state index contributed by atoms with van der Waals surface area (Å²) in [6.45, 7) is 1.42. The van der Waals surface area contributed by atoms with E-state index in [0.29, 0.717) is 0 Å². The molecule has 1 heterocycles. The van der Waals surface area contributed by atoms with Crippen molar-refractivity contribution in [2.45, 2.75) is 0 Å². The van der Waals surface area contributed by atoms with Crippen LogP contribution in [0.3, 0.4) is 0 Å². The molecule has 1 rings (SSSR count). The second kappa shape index (κ2) is 1.14. The Bertz CT molecular complexity index is 63.2. The van der Waals surface area contributed by atoms with Gasteiger partial charge in [-0.05, 0) is 0 Å². The van der Waals surface area contributed by atoms with Crippen molar-refractivity contribution in [2.24, 2.45) is 0 Å². The Balaban J connectivity index is 2.37. The molecule has 33 valence electrons. The van der Waals surface area contributed by atoms with Gasteiger partial charge in [0.2, 0.25) is 0 Å². The van der Waals surface area contributed by atoms with Gasteiger partial charge in [0.05, 0.1) is 0 Å². The number of hydrazine groups is 1. The van der Waals surface area contributed by atoms with Crippen LogP contribution in [0, 0.1) is 6.67 Å². The summed E-state index contributed by atoms with van der Waals surface area (Å²) in [5.74, 6) is 0. The van der Waals surface area contributed by atoms with Gasteiger partial charge in [-0.2, -0.15) is 0 Å². The molecule has 0 unspecified atom stereocenters. The van der Waals surface area contributed by atoms with Gasteiger partial charge in [0.25, 0.3) is 0 Å². The van der Waals surface area contributed by atoms with E-state index in [2.05, 4.69) is 16.2 Å². The smallest absolute Gasteiger partial charge is 0.317 e. The fourth-order valence-electron chi connectivity index (χ4n) is 0.239. The van der Waals surface area contributed by atoms with Gasteiger partial charge in [0.1, 0.15) is 6.67 Å². The second-order valence-corrected chi connectivity index (χ2v) is 0.887. The Hall–Kier alpha value is -0.770. The van der Waals surface area contributed by atoms with Crippen LogP contribution < -0.4 is 16.2 Å². The standard InChI is InChI=1S/C2H4N3O/c6-2-3-1-4-5-2/h1,4H,(H2,3,5,6). The van der Waals surface area contributed by atoms with Crippen LogP contribution in [0.15, 0.2) is 0 Å². The Morgan fingerprint density at radius 3 is 2.67 bits per heavy atom. The Kier molecular flexibility index (Phi) is 0.648. The summed E-state index contributed by atoms with van der Waals surface area (Å²) < 4.78 is 0. The van der Waals surface area contributed by atoms with Gasteiger partial charge in [-0.3, -0.25) is 5.43 Å². The van der Waals surface area contributed by atoms with Crippen molar-refractivity contribution in [3.63, 3.8) is 0 Å². The lowest BCUT2D eigenvalue weighted by Crippen LogP contribution is -2.25. The van der Waals surface area contributed by atoms with Gasteiger partial charge in [0.15, 0.2) is 0 Å². The highest BCUT2D eigenvalue weighted by atomic mass is 16.2. The van der Waals surface area contributed by atoms with Crippen molar-refractivity contribution in [2.75, 3.05) is 0 Å². The van der Waals surface area contributed by atoms with E-state index in [9.17, 15) is 4.79 Å². The van der Waals surface area contributed by atoms with E-state index in [1.165, 1.54) is 6.67 Å². The molecule has 0 aliphatic carbocycles. The maximum absolute atomic E-state index is 9.93. The van der Waals surface area contributed by atoms with E-state index in [1.807, 2.05) is 0 Å². The molecule has 2 amide bonds. The molecule has 4 heteroatoms. The average molecular weight is 86.1 g/mol. The van der Waals surface area contributed by atoms with Crippen LogP contribution in [0.2, 0.25) is 0 Å². The maximum atomic E-state index is 9.93. The minimum absolute atomic E-state index is 0.213. The number of carbonyl (C=O) groups excluding carboxylic acids is 1. The van der Waals surface area contributed by atoms with Gasteiger partial charge in [-0.25, -0.2) is 10.2 Å². The van der Waals surface area contributed by atoms with E-state index >= 15 is 0 Å². The zero-order valence-electron chi connectivity index (χ0n) is 2.99. The molecule has 0 aromatic heterocycles. The van der Waals surface area contributed by atoms with E-state index in [4.69, 9.17) is 0 Å². The number of urea groups is 1. The van der Waals surface area contributed by atoms with Crippen LogP contribution in [0.25, 0.3) is 0 Å². The lowest BCUT2D eigenvalue weighted by atomic mass is 11.0. The van der Waals surface area contributed by atoms with E-state index in [-0.39, 0.29) is 6.03 Å². The number of nitrogens with one attached hydrogen (secondary N) is 3. The maximum Gasteiger partial charge on any atom is 0.330 e. The minimum Gasteiger partial charge on any atom is -0.317 e. The summed E-state index contributed by atoms with van der Waals surface area (Å²) in [4.78, 5) is 9.93. The third-order valence-electron chi connectivity index (χ3n) is 0.461. The van der Waals surface area contributed by atoms with Crippen molar-refractivity contribution in [1.29, 1.82) is 0 Å². The second-order valence-electron chi connectivity index (χ2n) is 0.887. The van der Waals surface area contributed by atoms with Crippen LogP contribution >= 0.6 is 0 Å². The molecule has 0 aromatic carbocycles. The molecule has 1 saturated heterocycles. The normalized spacial score (nSPS) is 19.7. The fraction of sp³-hybridized carbons (Fsp3) is 0. The van der Waals surface area contributed by atoms with Crippen molar-refractivity contribution >= 4 is 6.03 Å². The molecule has 1 aliphatic rings. The monoisotopic (exact) mass is 86.0 g/mol. The molecule has 3 N–H and O–H groups in total. The highest BCUT2D eigenvalue weighted by molar-refractivity contribution is 5.75. The van der Waals surface area contributed by atoms with Gasteiger partial charge in [-0.15, -0.1) is 0 Å². The molecule has 0 atom stereocenters. The number of rotatable bonds is 0. The van der Waals surface area contributed by atoms with Crippen molar-refractivity contribution in [1.82, 2.24) is 16.2 Å². The largest absolute Gasteiger partial charge is 0.330 e. The highest BCUT2D eigenvalue weighted by Gasteiger charge is 2.02. The summed E-state index contributed by atoms with van der Waals surface area (Å²) >= 11 is 0. The molecule has 1 aliphatic heterocycles. The first-order chi connectivity index (χ1) is 2.89. The summed E-state index contributed by atoms with van der Waals surface area (Å²) in [5, 5.41) is 2.33. The van der Waals surface area contributed by atoms with Crippen LogP contribution in [0.5, 0.6) is 0 Å². The average Bonchev–Trinajstić information content (AvgIpc) is 1.86. The quantitative estimate of drug-likeness (QED) is 0.351.